The molecule has 0 aliphatic carbocycles. The Morgan fingerprint density at radius 3 is 2.96 bits per heavy atom. The number of nitrogens with zero attached hydrogens (tertiary/aromatic N) is 3. The van der Waals surface area contributed by atoms with Gasteiger partial charge >= 0.3 is 6.09 Å². The topological polar surface area (TPSA) is 68.6 Å². The number of carbonyl (C=O) groups excluding carboxylic acids is 1. The predicted octanol–water partition coefficient (Wildman–Crippen LogP) is 3.12. The fourth-order valence-corrected chi connectivity index (χ4v) is 2.95. The smallest absolute Gasteiger partial charge is 0.410 e. The molecular weight excluding hydrogens is 320 g/mol. The number of hydrogen-bond acceptors (Lipinski definition) is 5. The van der Waals surface area contributed by atoms with Gasteiger partial charge in [0, 0.05) is 25.3 Å². The van der Waals surface area contributed by atoms with Crippen molar-refractivity contribution >= 4 is 11.8 Å². The number of aryl methyl sites for hydroxylation is 1. The van der Waals surface area contributed by atoms with Gasteiger partial charge in [0.05, 0.1) is 31.1 Å². The fraction of sp³-hybridized carbons (Fsp3) is 0.778. The van der Waals surface area contributed by atoms with Crippen molar-refractivity contribution in [2.24, 2.45) is 0 Å². The van der Waals surface area contributed by atoms with E-state index in [0.717, 1.165) is 25.1 Å². The predicted molar refractivity (Wildman–Crippen MR) is 97.8 cm³/mol. The molecule has 2 atom stereocenters. The van der Waals surface area contributed by atoms with E-state index in [4.69, 9.17) is 9.47 Å². The van der Waals surface area contributed by atoms with Crippen LogP contribution >= 0.6 is 0 Å². The first-order valence-corrected chi connectivity index (χ1v) is 9.15. The fourth-order valence-electron chi connectivity index (χ4n) is 2.95. The minimum absolute atomic E-state index is 0.0109. The van der Waals surface area contributed by atoms with Crippen molar-refractivity contribution in [3.8, 4) is 0 Å². The summed E-state index contributed by atoms with van der Waals surface area (Å²) in [5.74, 6) is 0. The standard InChI is InChI=1S/C18H32N4O3/c1-6-7-21-12-15(11-19-21)20-14(2)10-16-13-24-9-8-22(16)17(23)25-18(3,4)5/h11-12,14,16,20H,6-10,13H2,1-5H3/t14-,16-/m0/s1. The summed E-state index contributed by atoms with van der Waals surface area (Å²) in [7, 11) is 0. The Hall–Kier alpha value is -1.76. The van der Waals surface area contributed by atoms with Crippen LogP contribution in [0.2, 0.25) is 0 Å². The highest BCUT2D eigenvalue weighted by Gasteiger charge is 2.31. The molecule has 2 rings (SSSR count). The van der Waals surface area contributed by atoms with Crippen molar-refractivity contribution in [1.82, 2.24) is 14.7 Å². The molecule has 1 aromatic rings. The van der Waals surface area contributed by atoms with Gasteiger partial charge in [-0.2, -0.15) is 5.10 Å². The normalized spacial score (nSPS) is 19.6. The lowest BCUT2D eigenvalue weighted by molar-refractivity contribution is -0.0345. The van der Waals surface area contributed by atoms with E-state index in [0.29, 0.717) is 19.8 Å². The molecule has 7 heteroatoms. The largest absolute Gasteiger partial charge is 0.444 e. The number of rotatable bonds is 6. The molecule has 0 spiro atoms. The first kappa shape index (κ1) is 19.6. The maximum Gasteiger partial charge on any atom is 0.410 e. The molecule has 2 heterocycles. The van der Waals surface area contributed by atoms with Crippen molar-refractivity contribution in [3.05, 3.63) is 12.4 Å². The number of nitrogens with one attached hydrogen (secondary N) is 1. The van der Waals surface area contributed by atoms with Crippen LogP contribution in [0.1, 0.15) is 47.5 Å². The lowest BCUT2D eigenvalue weighted by atomic mass is 10.1. The SMILES string of the molecule is CCCn1cc(N[C@@H](C)C[C@H]2COCCN2C(=O)OC(C)(C)C)cn1. The molecule has 25 heavy (non-hydrogen) atoms. The third kappa shape index (κ3) is 6.23. The van der Waals surface area contributed by atoms with Crippen molar-refractivity contribution in [1.29, 1.82) is 0 Å². The summed E-state index contributed by atoms with van der Waals surface area (Å²) in [6.45, 7) is 12.5. The van der Waals surface area contributed by atoms with Crippen LogP contribution in [0.3, 0.4) is 0 Å². The summed E-state index contributed by atoms with van der Waals surface area (Å²) in [5.41, 5.74) is 0.513. The van der Waals surface area contributed by atoms with Gasteiger partial charge in [-0.05, 0) is 40.5 Å². The summed E-state index contributed by atoms with van der Waals surface area (Å²) in [6, 6.07) is 0.202. The molecule has 0 saturated carbocycles. The highest BCUT2D eigenvalue weighted by molar-refractivity contribution is 5.68. The molecule has 0 aromatic carbocycles. The molecule has 1 aliphatic rings. The third-order valence-corrected chi connectivity index (χ3v) is 3.98. The lowest BCUT2D eigenvalue weighted by Gasteiger charge is -2.37. The van der Waals surface area contributed by atoms with E-state index in [-0.39, 0.29) is 18.2 Å². The van der Waals surface area contributed by atoms with Gasteiger partial charge in [0.25, 0.3) is 0 Å². The first-order valence-electron chi connectivity index (χ1n) is 9.15. The van der Waals surface area contributed by atoms with Crippen LogP contribution in [0.25, 0.3) is 0 Å². The Labute approximate surface area is 150 Å². The van der Waals surface area contributed by atoms with Crippen LogP contribution in [0.4, 0.5) is 10.5 Å². The number of amides is 1. The maximum atomic E-state index is 12.5. The van der Waals surface area contributed by atoms with Crippen LogP contribution < -0.4 is 5.32 Å². The van der Waals surface area contributed by atoms with E-state index in [1.165, 1.54) is 0 Å². The van der Waals surface area contributed by atoms with E-state index in [1.807, 2.05) is 37.8 Å². The van der Waals surface area contributed by atoms with Gasteiger partial charge in [-0.3, -0.25) is 4.68 Å². The number of ether oxygens (including phenoxy) is 2. The molecule has 142 valence electrons. The van der Waals surface area contributed by atoms with Crippen LogP contribution in [0, 0.1) is 0 Å². The Kier molecular flexibility index (Phi) is 6.70. The highest BCUT2D eigenvalue weighted by Crippen LogP contribution is 2.19. The zero-order chi connectivity index (χ0) is 18.4. The van der Waals surface area contributed by atoms with E-state index in [1.54, 1.807) is 4.90 Å². The second-order valence-electron chi connectivity index (χ2n) is 7.68. The molecule has 1 saturated heterocycles. The molecule has 1 aliphatic heterocycles. The zero-order valence-corrected chi connectivity index (χ0v) is 16.1. The highest BCUT2D eigenvalue weighted by atomic mass is 16.6. The Morgan fingerprint density at radius 2 is 2.28 bits per heavy atom. The molecule has 1 amide bonds. The lowest BCUT2D eigenvalue weighted by Crippen LogP contribution is -2.51. The molecule has 1 aromatic heterocycles. The second-order valence-corrected chi connectivity index (χ2v) is 7.68. The van der Waals surface area contributed by atoms with Crippen LogP contribution in [-0.4, -0.2) is 58.2 Å². The minimum Gasteiger partial charge on any atom is -0.444 e. The number of morpholine rings is 1. The Morgan fingerprint density at radius 1 is 1.52 bits per heavy atom. The maximum absolute atomic E-state index is 12.5. The number of carbonyl (C=O) groups is 1. The van der Waals surface area contributed by atoms with Gasteiger partial charge in [-0.1, -0.05) is 6.92 Å². The Balaban J connectivity index is 1.91. The van der Waals surface area contributed by atoms with Gasteiger partial charge in [0.2, 0.25) is 0 Å². The number of hydrogen-bond donors (Lipinski definition) is 1. The molecule has 0 unspecified atom stereocenters. The second kappa shape index (κ2) is 8.56. The summed E-state index contributed by atoms with van der Waals surface area (Å²) >= 11 is 0. The summed E-state index contributed by atoms with van der Waals surface area (Å²) in [6.07, 6.45) is 5.45. The molecule has 1 N–H and O–H groups in total. The molecule has 0 bridgehead atoms. The third-order valence-electron chi connectivity index (χ3n) is 3.98. The average molecular weight is 352 g/mol. The summed E-state index contributed by atoms with van der Waals surface area (Å²) in [4.78, 5) is 14.3. The van der Waals surface area contributed by atoms with Gasteiger partial charge in [-0.15, -0.1) is 0 Å². The van der Waals surface area contributed by atoms with Crippen LogP contribution in [0.15, 0.2) is 12.4 Å². The Bertz CT molecular complexity index is 553. The van der Waals surface area contributed by atoms with Gasteiger partial charge in [-0.25, -0.2) is 4.79 Å². The zero-order valence-electron chi connectivity index (χ0n) is 16.1. The number of aromatic nitrogens is 2. The van der Waals surface area contributed by atoms with Crippen LogP contribution in [-0.2, 0) is 16.0 Å². The van der Waals surface area contributed by atoms with Crippen molar-refractivity contribution in [2.75, 3.05) is 25.1 Å². The molecule has 0 radical (unpaired) electrons. The quantitative estimate of drug-likeness (QED) is 0.852. The van der Waals surface area contributed by atoms with Crippen LogP contribution in [0.5, 0.6) is 0 Å². The van der Waals surface area contributed by atoms with E-state index < -0.39 is 5.60 Å². The molecule has 1 fully saturated rings. The van der Waals surface area contributed by atoms with Gasteiger partial charge < -0.3 is 19.7 Å². The van der Waals surface area contributed by atoms with Gasteiger partial charge in [0.15, 0.2) is 0 Å². The summed E-state index contributed by atoms with van der Waals surface area (Å²) < 4.78 is 13.1. The van der Waals surface area contributed by atoms with E-state index >= 15 is 0 Å². The number of anilines is 1. The molecule has 7 nitrogen and oxygen atoms in total. The van der Waals surface area contributed by atoms with E-state index in [2.05, 4.69) is 24.3 Å². The average Bonchev–Trinajstić information content (AvgIpc) is 2.93. The van der Waals surface area contributed by atoms with Gasteiger partial charge in [0.1, 0.15) is 5.60 Å². The van der Waals surface area contributed by atoms with Crippen molar-refractivity contribution in [3.63, 3.8) is 0 Å². The van der Waals surface area contributed by atoms with Crippen molar-refractivity contribution in [2.45, 2.75) is 71.7 Å². The van der Waals surface area contributed by atoms with Crippen molar-refractivity contribution < 1.29 is 14.3 Å². The molecular formula is C18H32N4O3. The first-order chi connectivity index (χ1) is 11.8. The summed E-state index contributed by atoms with van der Waals surface area (Å²) in [5, 5.41) is 7.79. The van der Waals surface area contributed by atoms with E-state index in [9.17, 15) is 4.79 Å². The minimum atomic E-state index is -0.488. The monoisotopic (exact) mass is 352 g/mol.